The number of carbonyl (C=O) groups is 1. The predicted molar refractivity (Wildman–Crippen MR) is 68.7 cm³/mol. The van der Waals surface area contributed by atoms with Crippen molar-refractivity contribution >= 4 is 17.6 Å². The van der Waals surface area contributed by atoms with E-state index in [1.165, 1.54) is 18.2 Å². The van der Waals surface area contributed by atoms with Crippen LogP contribution < -0.4 is 0 Å². The van der Waals surface area contributed by atoms with Crippen LogP contribution >= 0.6 is 11.6 Å². The summed E-state index contributed by atoms with van der Waals surface area (Å²) in [6.45, 7) is 2.17. The first-order valence-electron chi connectivity index (χ1n) is 6.04. The fourth-order valence-corrected chi connectivity index (χ4v) is 2.32. The number of benzene rings is 1. The second-order valence-electron chi connectivity index (χ2n) is 4.56. The summed E-state index contributed by atoms with van der Waals surface area (Å²) in [5, 5.41) is 9.27. The summed E-state index contributed by atoms with van der Waals surface area (Å²) in [6, 6.07) is 4.25. The highest BCUT2D eigenvalue weighted by molar-refractivity contribution is 6.31. The number of carboxylic acids is 1. The van der Waals surface area contributed by atoms with Crippen molar-refractivity contribution in [2.24, 2.45) is 0 Å². The van der Waals surface area contributed by atoms with Crippen LogP contribution in [0, 0.1) is 5.82 Å². The summed E-state index contributed by atoms with van der Waals surface area (Å²) in [5.74, 6) is -1.20. The SMILES string of the molecule is O=C(O)CC1CN(Cc2cc(F)ccc2Cl)CCO1. The van der Waals surface area contributed by atoms with Crippen molar-refractivity contribution in [1.29, 1.82) is 0 Å². The van der Waals surface area contributed by atoms with Crippen molar-refractivity contribution in [1.82, 2.24) is 4.90 Å². The molecule has 1 heterocycles. The summed E-state index contributed by atoms with van der Waals surface area (Å²) < 4.78 is 18.6. The smallest absolute Gasteiger partial charge is 0.306 e. The summed E-state index contributed by atoms with van der Waals surface area (Å²) in [5.41, 5.74) is 0.706. The molecule has 1 atom stereocenters. The Bertz CT molecular complexity index is 469. The van der Waals surface area contributed by atoms with E-state index in [1.54, 1.807) is 0 Å². The number of hydrogen-bond acceptors (Lipinski definition) is 3. The van der Waals surface area contributed by atoms with Gasteiger partial charge in [0.2, 0.25) is 0 Å². The third-order valence-corrected chi connectivity index (χ3v) is 3.40. The van der Waals surface area contributed by atoms with Crippen molar-refractivity contribution in [3.63, 3.8) is 0 Å². The first kappa shape index (κ1) is 14.2. The van der Waals surface area contributed by atoms with Gasteiger partial charge in [0.25, 0.3) is 0 Å². The molecule has 19 heavy (non-hydrogen) atoms. The van der Waals surface area contributed by atoms with E-state index in [0.717, 1.165) is 0 Å². The molecule has 104 valence electrons. The van der Waals surface area contributed by atoms with Crippen LogP contribution in [0.5, 0.6) is 0 Å². The topological polar surface area (TPSA) is 49.8 Å². The van der Waals surface area contributed by atoms with E-state index in [4.69, 9.17) is 21.4 Å². The molecule has 0 aromatic heterocycles. The number of rotatable bonds is 4. The highest BCUT2D eigenvalue weighted by Gasteiger charge is 2.23. The zero-order valence-corrected chi connectivity index (χ0v) is 11.1. The van der Waals surface area contributed by atoms with E-state index < -0.39 is 5.97 Å². The van der Waals surface area contributed by atoms with Crippen LogP contribution in [0.3, 0.4) is 0 Å². The summed E-state index contributed by atoms with van der Waals surface area (Å²) >= 11 is 6.02. The van der Waals surface area contributed by atoms with E-state index >= 15 is 0 Å². The molecule has 0 aliphatic carbocycles. The molecule has 1 aliphatic rings. The molecule has 0 spiro atoms. The van der Waals surface area contributed by atoms with Crippen LogP contribution in [-0.2, 0) is 16.1 Å². The van der Waals surface area contributed by atoms with Gasteiger partial charge in [-0.05, 0) is 23.8 Å². The molecule has 1 aliphatic heterocycles. The number of nitrogens with zero attached hydrogens (tertiary/aromatic N) is 1. The molecular weight excluding hydrogens is 273 g/mol. The average molecular weight is 288 g/mol. The maximum absolute atomic E-state index is 13.2. The fraction of sp³-hybridized carbons (Fsp3) is 0.462. The standard InChI is InChI=1S/C13H15ClFNO3/c14-12-2-1-10(15)5-9(12)7-16-3-4-19-11(8-16)6-13(17)18/h1-2,5,11H,3-4,6-8H2,(H,17,18). The minimum atomic E-state index is -0.879. The third-order valence-electron chi connectivity index (χ3n) is 3.03. The summed E-state index contributed by atoms with van der Waals surface area (Å²) in [4.78, 5) is 12.7. The Morgan fingerprint density at radius 2 is 2.37 bits per heavy atom. The fourth-order valence-electron chi connectivity index (χ4n) is 2.15. The Hall–Kier alpha value is -1.17. The lowest BCUT2D eigenvalue weighted by Crippen LogP contribution is -2.42. The monoisotopic (exact) mass is 287 g/mol. The molecule has 2 rings (SSSR count). The van der Waals surface area contributed by atoms with Gasteiger partial charge in [0.15, 0.2) is 0 Å². The van der Waals surface area contributed by atoms with E-state index in [9.17, 15) is 9.18 Å². The largest absolute Gasteiger partial charge is 0.481 e. The van der Waals surface area contributed by atoms with Gasteiger partial charge in [0, 0.05) is 24.7 Å². The Morgan fingerprint density at radius 3 is 3.11 bits per heavy atom. The van der Waals surface area contributed by atoms with Crippen molar-refractivity contribution in [3.8, 4) is 0 Å². The van der Waals surface area contributed by atoms with Crippen molar-refractivity contribution in [2.45, 2.75) is 19.1 Å². The Balaban J connectivity index is 1.98. The minimum Gasteiger partial charge on any atom is -0.481 e. The van der Waals surface area contributed by atoms with Crippen LogP contribution in [0.25, 0.3) is 0 Å². The van der Waals surface area contributed by atoms with Gasteiger partial charge in [-0.25, -0.2) is 4.39 Å². The van der Waals surface area contributed by atoms with Crippen molar-refractivity contribution < 1.29 is 19.0 Å². The van der Waals surface area contributed by atoms with Gasteiger partial charge >= 0.3 is 5.97 Å². The number of aliphatic carboxylic acids is 1. The highest BCUT2D eigenvalue weighted by Crippen LogP contribution is 2.20. The maximum atomic E-state index is 13.2. The second-order valence-corrected chi connectivity index (χ2v) is 4.97. The van der Waals surface area contributed by atoms with Crippen LogP contribution in [0.15, 0.2) is 18.2 Å². The van der Waals surface area contributed by atoms with E-state index in [2.05, 4.69) is 0 Å². The average Bonchev–Trinajstić information content (AvgIpc) is 2.33. The molecule has 0 radical (unpaired) electrons. The first-order chi connectivity index (χ1) is 9.04. The molecule has 1 aromatic carbocycles. The molecule has 0 amide bonds. The van der Waals surface area contributed by atoms with Gasteiger partial charge in [-0.3, -0.25) is 9.69 Å². The highest BCUT2D eigenvalue weighted by atomic mass is 35.5. The molecule has 6 heteroatoms. The normalized spacial score (nSPS) is 20.4. The van der Waals surface area contributed by atoms with Crippen LogP contribution in [0.1, 0.15) is 12.0 Å². The number of halogens is 2. The third kappa shape index (κ3) is 4.16. The molecule has 1 fully saturated rings. The van der Waals surface area contributed by atoms with Gasteiger partial charge in [0.05, 0.1) is 19.1 Å². The lowest BCUT2D eigenvalue weighted by Gasteiger charge is -2.32. The number of ether oxygens (including phenoxy) is 1. The number of hydrogen-bond donors (Lipinski definition) is 1. The van der Waals surface area contributed by atoms with Crippen LogP contribution in [0.2, 0.25) is 5.02 Å². The van der Waals surface area contributed by atoms with Gasteiger partial charge < -0.3 is 9.84 Å². The maximum Gasteiger partial charge on any atom is 0.306 e. The van der Waals surface area contributed by atoms with Gasteiger partial charge in [0.1, 0.15) is 5.82 Å². The van der Waals surface area contributed by atoms with E-state index in [0.29, 0.717) is 36.8 Å². The van der Waals surface area contributed by atoms with Gasteiger partial charge in [-0.15, -0.1) is 0 Å². The molecule has 0 bridgehead atoms. The second kappa shape index (κ2) is 6.32. The Labute approximate surface area is 115 Å². The molecule has 1 saturated heterocycles. The predicted octanol–water partition coefficient (Wildman–Crippen LogP) is 2.15. The lowest BCUT2D eigenvalue weighted by atomic mass is 10.1. The molecule has 1 aromatic rings. The van der Waals surface area contributed by atoms with Gasteiger partial charge in [-0.1, -0.05) is 11.6 Å². The molecule has 4 nitrogen and oxygen atoms in total. The number of morpholine rings is 1. The van der Waals surface area contributed by atoms with Crippen LogP contribution in [-0.4, -0.2) is 41.8 Å². The van der Waals surface area contributed by atoms with E-state index in [1.807, 2.05) is 4.90 Å². The summed E-state index contributed by atoms with van der Waals surface area (Å²) in [7, 11) is 0. The van der Waals surface area contributed by atoms with Gasteiger partial charge in [-0.2, -0.15) is 0 Å². The molecule has 1 N–H and O–H groups in total. The first-order valence-corrected chi connectivity index (χ1v) is 6.42. The van der Waals surface area contributed by atoms with Crippen molar-refractivity contribution in [2.75, 3.05) is 19.7 Å². The number of carboxylic acid groups (broad SMARTS) is 1. The Morgan fingerprint density at radius 1 is 1.58 bits per heavy atom. The van der Waals surface area contributed by atoms with Crippen molar-refractivity contribution in [3.05, 3.63) is 34.6 Å². The zero-order chi connectivity index (χ0) is 13.8. The van der Waals surface area contributed by atoms with E-state index in [-0.39, 0.29) is 18.3 Å². The molecular formula is C13H15ClFNO3. The summed E-state index contributed by atoms with van der Waals surface area (Å²) in [6.07, 6.45) is -0.341. The van der Waals surface area contributed by atoms with Crippen LogP contribution in [0.4, 0.5) is 4.39 Å². The minimum absolute atomic E-state index is 0.0205. The molecule has 0 saturated carbocycles. The molecule has 1 unspecified atom stereocenters. The lowest BCUT2D eigenvalue weighted by molar-refractivity contribution is -0.142. The Kier molecular flexibility index (Phi) is 4.74. The quantitative estimate of drug-likeness (QED) is 0.922. The zero-order valence-electron chi connectivity index (χ0n) is 10.3.